The molecule has 0 saturated heterocycles. The summed E-state index contributed by atoms with van der Waals surface area (Å²) < 4.78 is 1.78. The van der Waals surface area contributed by atoms with Gasteiger partial charge in [-0.1, -0.05) is 61.9 Å². The molecule has 0 fully saturated rings. The number of rotatable bonds is 7. The molecule has 0 radical (unpaired) electrons. The van der Waals surface area contributed by atoms with Gasteiger partial charge >= 0.3 is 0 Å². The molecule has 3 aromatic rings. The Labute approximate surface area is 166 Å². The van der Waals surface area contributed by atoms with Gasteiger partial charge in [0.25, 0.3) is 5.91 Å². The highest BCUT2D eigenvalue weighted by Crippen LogP contribution is 2.18. The molecule has 1 atom stereocenters. The zero-order valence-electron chi connectivity index (χ0n) is 17.0. The van der Waals surface area contributed by atoms with E-state index in [9.17, 15) is 4.79 Å². The first-order valence-corrected chi connectivity index (χ1v) is 9.76. The zero-order valence-corrected chi connectivity index (χ0v) is 17.0. The second kappa shape index (κ2) is 8.85. The molecule has 0 aliphatic rings. The second-order valence-electron chi connectivity index (χ2n) is 7.59. The Balaban J connectivity index is 1.69. The zero-order chi connectivity index (χ0) is 20.1. The highest BCUT2D eigenvalue weighted by molar-refractivity contribution is 5.90. The summed E-state index contributed by atoms with van der Waals surface area (Å²) in [6, 6.07) is 20.6. The van der Waals surface area contributed by atoms with Gasteiger partial charge in [0.1, 0.15) is 11.9 Å². The Morgan fingerprint density at radius 2 is 1.75 bits per heavy atom. The maximum absolute atomic E-state index is 12.6. The number of anilines is 1. The number of nitrogens with zero attached hydrogens (tertiary/aromatic N) is 2. The molecule has 0 bridgehead atoms. The van der Waals surface area contributed by atoms with Crippen molar-refractivity contribution in [3.8, 4) is 5.69 Å². The van der Waals surface area contributed by atoms with Gasteiger partial charge in [-0.2, -0.15) is 5.10 Å². The van der Waals surface area contributed by atoms with E-state index in [1.807, 2.05) is 55.5 Å². The molecule has 5 heteroatoms. The lowest BCUT2D eigenvalue weighted by Crippen LogP contribution is -2.88. The number of hydrogen-bond acceptors (Lipinski definition) is 2. The van der Waals surface area contributed by atoms with Crippen LogP contribution in [0.4, 0.5) is 5.82 Å². The molecule has 5 nitrogen and oxygen atoms in total. The third kappa shape index (κ3) is 4.87. The third-order valence-electron chi connectivity index (χ3n) is 4.84. The number of amides is 1. The van der Waals surface area contributed by atoms with Crippen molar-refractivity contribution in [2.45, 2.75) is 33.7 Å². The number of carbonyl (C=O) groups excluding carboxylic acids is 1. The highest BCUT2D eigenvalue weighted by Gasteiger charge is 2.21. The van der Waals surface area contributed by atoms with Crippen LogP contribution in [0.15, 0.2) is 60.7 Å². The van der Waals surface area contributed by atoms with Crippen LogP contribution in [0.2, 0.25) is 0 Å². The molecule has 0 unspecified atom stereocenters. The van der Waals surface area contributed by atoms with Crippen molar-refractivity contribution in [1.29, 1.82) is 0 Å². The summed E-state index contributed by atoms with van der Waals surface area (Å²) in [7, 11) is 0. The van der Waals surface area contributed by atoms with Gasteiger partial charge in [0.05, 0.1) is 11.4 Å². The van der Waals surface area contributed by atoms with E-state index in [0.29, 0.717) is 18.3 Å². The van der Waals surface area contributed by atoms with Crippen LogP contribution < -0.4 is 10.6 Å². The number of quaternary nitrogens is 1. The number of nitrogens with one attached hydrogen (secondary N) is 1. The minimum Gasteiger partial charge on any atom is -0.332 e. The second-order valence-corrected chi connectivity index (χ2v) is 7.59. The number of aryl methyl sites for hydroxylation is 2. The fourth-order valence-corrected chi connectivity index (χ4v) is 3.37. The van der Waals surface area contributed by atoms with E-state index in [2.05, 4.69) is 48.6 Å². The van der Waals surface area contributed by atoms with E-state index in [1.54, 1.807) is 4.68 Å². The topological polar surface area (TPSA) is 63.5 Å². The van der Waals surface area contributed by atoms with E-state index >= 15 is 0 Å². The van der Waals surface area contributed by atoms with Crippen molar-refractivity contribution in [3.05, 3.63) is 77.5 Å². The van der Waals surface area contributed by atoms with Crippen LogP contribution in [0.25, 0.3) is 5.69 Å². The number of aromatic nitrogens is 2. The van der Waals surface area contributed by atoms with Crippen molar-refractivity contribution < 1.29 is 10.1 Å². The highest BCUT2D eigenvalue weighted by atomic mass is 16.2. The Bertz CT molecular complexity index is 914. The van der Waals surface area contributed by atoms with Gasteiger partial charge in [0.2, 0.25) is 0 Å². The Hall–Kier alpha value is -2.92. The summed E-state index contributed by atoms with van der Waals surface area (Å²) in [5.41, 5.74) is 4.23. The fraction of sp³-hybridized carbons (Fsp3) is 0.304. The lowest BCUT2D eigenvalue weighted by Gasteiger charge is -2.19. The third-order valence-corrected chi connectivity index (χ3v) is 4.84. The van der Waals surface area contributed by atoms with Crippen molar-refractivity contribution in [2.75, 3.05) is 11.9 Å². The van der Waals surface area contributed by atoms with Gasteiger partial charge in [-0.3, -0.25) is 4.79 Å². The lowest BCUT2D eigenvalue weighted by atomic mass is 9.96. The molecule has 3 rings (SSSR count). The molecule has 2 aromatic carbocycles. The minimum atomic E-state index is -0.0326. The van der Waals surface area contributed by atoms with E-state index < -0.39 is 0 Å². The molecule has 0 spiro atoms. The monoisotopic (exact) mass is 377 g/mol. The van der Waals surface area contributed by atoms with Crippen LogP contribution in [-0.2, 0) is 4.79 Å². The van der Waals surface area contributed by atoms with Crippen LogP contribution >= 0.6 is 0 Å². The van der Waals surface area contributed by atoms with Gasteiger partial charge in [-0.15, -0.1) is 0 Å². The maximum Gasteiger partial charge on any atom is 0.280 e. The average Bonchev–Trinajstić information content (AvgIpc) is 3.03. The van der Waals surface area contributed by atoms with Crippen LogP contribution in [0.3, 0.4) is 0 Å². The Morgan fingerprint density at radius 1 is 1.07 bits per heavy atom. The molecule has 1 aromatic heterocycles. The minimum absolute atomic E-state index is 0.0326. The number of carbonyl (C=O) groups is 1. The smallest absolute Gasteiger partial charge is 0.280 e. The Kier molecular flexibility index (Phi) is 6.26. The van der Waals surface area contributed by atoms with Gasteiger partial charge in [0, 0.05) is 17.5 Å². The summed E-state index contributed by atoms with van der Waals surface area (Å²) in [6.07, 6.45) is 0. The van der Waals surface area contributed by atoms with E-state index in [0.717, 1.165) is 11.4 Å². The molecular formula is C23H29N4O+. The molecule has 28 heavy (non-hydrogen) atoms. The maximum atomic E-state index is 12.6. The van der Waals surface area contributed by atoms with Crippen molar-refractivity contribution in [2.24, 2.45) is 5.92 Å². The molecule has 146 valence electrons. The quantitative estimate of drug-likeness (QED) is 0.663. The number of nitrogens with two attached hydrogens (primary N) is 1. The van der Waals surface area contributed by atoms with Crippen LogP contribution in [0, 0.1) is 19.8 Å². The van der Waals surface area contributed by atoms with Gasteiger partial charge in [0.15, 0.2) is 6.54 Å². The van der Waals surface area contributed by atoms with Crippen molar-refractivity contribution >= 4 is 11.7 Å². The van der Waals surface area contributed by atoms with E-state index in [4.69, 9.17) is 0 Å². The summed E-state index contributed by atoms with van der Waals surface area (Å²) in [4.78, 5) is 12.6. The van der Waals surface area contributed by atoms with Gasteiger partial charge in [-0.05, 0) is 26.0 Å². The van der Waals surface area contributed by atoms with E-state index in [-0.39, 0.29) is 11.9 Å². The first-order valence-electron chi connectivity index (χ1n) is 9.76. The Morgan fingerprint density at radius 3 is 2.39 bits per heavy atom. The van der Waals surface area contributed by atoms with E-state index in [1.165, 1.54) is 11.1 Å². The summed E-state index contributed by atoms with van der Waals surface area (Å²) in [5, 5.41) is 9.65. The SMILES string of the molecule is Cc1ccc(-n2nc(C)cc2NC(=O)C[NH2+][C@H](c2ccccc2)C(C)C)cc1. The van der Waals surface area contributed by atoms with Crippen LogP contribution in [-0.4, -0.2) is 22.2 Å². The van der Waals surface area contributed by atoms with Crippen molar-refractivity contribution in [1.82, 2.24) is 9.78 Å². The fourth-order valence-electron chi connectivity index (χ4n) is 3.37. The standard InChI is InChI=1S/C23H28N4O/c1-16(2)23(19-8-6-5-7-9-19)24-15-22(28)25-21-14-18(4)26-27(21)20-12-10-17(3)11-13-20/h5-14,16,23-24H,15H2,1-4H3,(H,25,28)/p+1/t23-/m0/s1. The molecule has 1 heterocycles. The molecule has 3 N–H and O–H groups in total. The van der Waals surface area contributed by atoms with Crippen molar-refractivity contribution in [3.63, 3.8) is 0 Å². The largest absolute Gasteiger partial charge is 0.332 e. The number of benzene rings is 2. The van der Waals surface area contributed by atoms with Crippen LogP contribution in [0.5, 0.6) is 0 Å². The lowest BCUT2D eigenvalue weighted by molar-refractivity contribution is -0.692. The molecule has 1 amide bonds. The van der Waals surface area contributed by atoms with Gasteiger partial charge < -0.3 is 10.6 Å². The first kappa shape index (κ1) is 19.8. The van der Waals surface area contributed by atoms with Crippen LogP contribution in [0.1, 0.15) is 36.7 Å². The summed E-state index contributed by atoms with van der Waals surface area (Å²) >= 11 is 0. The molecule has 0 aliphatic heterocycles. The molecule has 0 aliphatic carbocycles. The number of hydrogen-bond donors (Lipinski definition) is 2. The summed E-state index contributed by atoms with van der Waals surface area (Å²) in [5.74, 6) is 1.09. The normalized spacial score (nSPS) is 12.2. The average molecular weight is 378 g/mol. The van der Waals surface area contributed by atoms with Gasteiger partial charge in [-0.25, -0.2) is 4.68 Å². The first-order chi connectivity index (χ1) is 13.4. The molecular weight excluding hydrogens is 348 g/mol. The predicted octanol–water partition coefficient (Wildman–Crippen LogP) is 3.39. The molecule has 0 saturated carbocycles. The predicted molar refractivity (Wildman–Crippen MR) is 112 cm³/mol. The summed E-state index contributed by atoms with van der Waals surface area (Å²) in [6.45, 7) is 8.70.